The first-order valence-corrected chi connectivity index (χ1v) is 11.9. The van der Waals surface area contributed by atoms with Gasteiger partial charge in [0.2, 0.25) is 5.91 Å². The minimum absolute atomic E-state index is 0.124. The Morgan fingerprint density at radius 3 is 2.09 bits per heavy atom. The Morgan fingerprint density at radius 2 is 1.48 bits per heavy atom. The van der Waals surface area contributed by atoms with E-state index in [-0.39, 0.29) is 11.8 Å². The lowest BCUT2D eigenvalue weighted by Gasteiger charge is -2.39. The Hall–Kier alpha value is -2.96. The highest BCUT2D eigenvalue weighted by Gasteiger charge is 2.37. The van der Waals surface area contributed by atoms with E-state index in [1.807, 2.05) is 60.7 Å². The van der Waals surface area contributed by atoms with Crippen LogP contribution in [0.2, 0.25) is 0 Å². The number of carbonyl (C=O) groups excluding carboxylic acids is 2. The fraction of sp³-hybridized carbons (Fsp3) is 0.259. The second-order valence-electron chi connectivity index (χ2n) is 8.45. The summed E-state index contributed by atoms with van der Waals surface area (Å²) in [6, 6.07) is 25.6. The molecule has 3 aromatic rings. The molecule has 1 unspecified atom stereocenters. The minimum Gasteiger partial charge on any atom is -0.385 e. The maximum absolute atomic E-state index is 13.5. The van der Waals surface area contributed by atoms with Gasteiger partial charge in [-0.05, 0) is 48.2 Å². The van der Waals surface area contributed by atoms with Crippen LogP contribution in [-0.2, 0) is 16.8 Å². The van der Waals surface area contributed by atoms with Crippen LogP contribution < -0.4 is 5.32 Å². The van der Waals surface area contributed by atoms with Crippen molar-refractivity contribution in [2.45, 2.75) is 30.9 Å². The number of benzene rings is 3. The molecule has 2 N–H and O–H groups in total. The van der Waals surface area contributed by atoms with E-state index >= 15 is 0 Å². The van der Waals surface area contributed by atoms with E-state index in [1.54, 1.807) is 29.2 Å². The maximum Gasteiger partial charge on any atom is 0.251 e. The first kappa shape index (κ1) is 23.2. The monoisotopic (exact) mass is 506 g/mol. The Labute approximate surface area is 202 Å². The van der Waals surface area contributed by atoms with Gasteiger partial charge in [-0.3, -0.25) is 9.59 Å². The second-order valence-corrected chi connectivity index (χ2v) is 9.36. The smallest absolute Gasteiger partial charge is 0.251 e. The summed E-state index contributed by atoms with van der Waals surface area (Å²) in [5.41, 5.74) is 1.40. The van der Waals surface area contributed by atoms with Crippen molar-refractivity contribution in [3.63, 3.8) is 0 Å². The van der Waals surface area contributed by atoms with Crippen molar-refractivity contribution in [3.8, 4) is 0 Å². The van der Waals surface area contributed by atoms with Crippen molar-refractivity contribution in [1.82, 2.24) is 10.2 Å². The molecule has 0 saturated carbocycles. The lowest BCUT2D eigenvalue weighted by Crippen LogP contribution is -2.53. The highest BCUT2D eigenvalue weighted by Crippen LogP contribution is 2.33. The summed E-state index contributed by atoms with van der Waals surface area (Å²) in [4.78, 5) is 28.1. The first-order valence-electron chi connectivity index (χ1n) is 11.1. The van der Waals surface area contributed by atoms with Gasteiger partial charge in [0.05, 0.1) is 5.60 Å². The maximum atomic E-state index is 13.5. The van der Waals surface area contributed by atoms with Crippen LogP contribution >= 0.6 is 15.9 Å². The highest BCUT2D eigenvalue weighted by molar-refractivity contribution is 9.10. The Bertz CT molecular complexity index is 1080. The molecule has 1 atom stereocenters. The first-order chi connectivity index (χ1) is 15.9. The van der Waals surface area contributed by atoms with Gasteiger partial charge < -0.3 is 15.3 Å². The quantitative estimate of drug-likeness (QED) is 0.523. The molecule has 4 rings (SSSR count). The summed E-state index contributed by atoms with van der Waals surface area (Å²) in [5, 5.41) is 14.1. The van der Waals surface area contributed by atoms with Gasteiger partial charge in [0.15, 0.2) is 0 Å². The van der Waals surface area contributed by atoms with Gasteiger partial charge in [-0.25, -0.2) is 0 Å². The van der Waals surface area contributed by atoms with E-state index in [9.17, 15) is 14.7 Å². The number of amides is 2. The molecule has 5 nitrogen and oxygen atoms in total. The lowest BCUT2D eigenvalue weighted by molar-refractivity contribution is -0.137. The minimum atomic E-state index is -0.959. The van der Waals surface area contributed by atoms with E-state index < -0.39 is 11.6 Å². The van der Waals surface area contributed by atoms with Crippen molar-refractivity contribution < 1.29 is 14.7 Å². The average Bonchev–Trinajstić information content (AvgIpc) is 2.85. The summed E-state index contributed by atoms with van der Waals surface area (Å²) in [7, 11) is 0. The topological polar surface area (TPSA) is 69.6 Å². The van der Waals surface area contributed by atoms with Crippen LogP contribution in [0.15, 0.2) is 89.4 Å². The standard InChI is InChI=1S/C27H27BrN2O3/c28-23-13-11-22(12-14-23)27(33)15-17-30(18-16-27)26(32)24(19-20-7-3-1-4-8-20)29-25(31)21-9-5-2-6-10-21/h1-14,24,33H,15-19H2,(H,29,31). The summed E-state index contributed by atoms with van der Waals surface area (Å²) in [5.74, 6) is -0.394. The molecule has 1 aliphatic heterocycles. The zero-order valence-corrected chi connectivity index (χ0v) is 19.9. The van der Waals surface area contributed by atoms with Crippen LogP contribution in [0, 0.1) is 0 Å². The summed E-state index contributed by atoms with van der Waals surface area (Å²) >= 11 is 3.43. The Balaban J connectivity index is 1.47. The van der Waals surface area contributed by atoms with Crippen LogP contribution in [-0.4, -0.2) is 41.0 Å². The second kappa shape index (κ2) is 10.3. The van der Waals surface area contributed by atoms with Crippen molar-refractivity contribution in [3.05, 3.63) is 106 Å². The molecule has 1 saturated heterocycles. The number of hydrogen-bond donors (Lipinski definition) is 2. The van der Waals surface area contributed by atoms with Gasteiger partial charge in [0.25, 0.3) is 5.91 Å². The number of nitrogens with one attached hydrogen (secondary N) is 1. The number of piperidine rings is 1. The van der Waals surface area contributed by atoms with Crippen molar-refractivity contribution in [2.24, 2.45) is 0 Å². The van der Waals surface area contributed by atoms with Crippen molar-refractivity contribution >= 4 is 27.7 Å². The molecular weight excluding hydrogens is 480 g/mol. The molecule has 0 radical (unpaired) electrons. The van der Waals surface area contributed by atoms with Gasteiger partial charge >= 0.3 is 0 Å². The zero-order chi connectivity index (χ0) is 23.3. The van der Waals surface area contributed by atoms with Gasteiger partial charge in [0.1, 0.15) is 6.04 Å². The fourth-order valence-corrected chi connectivity index (χ4v) is 4.51. The molecule has 33 heavy (non-hydrogen) atoms. The molecule has 6 heteroatoms. The zero-order valence-electron chi connectivity index (χ0n) is 18.3. The highest BCUT2D eigenvalue weighted by atomic mass is 79.9. The third kappa shape index (κ3) is 5.70. The van der Waals surface area contributed by atoms with E-state index in [4.69, 9.17) is 0 Å². The van der Waals surface area contributed by atoms with Gasteiger partial charge in [-0.2, -0.15) is 0 Å². The van der Waals surface area contributed by atoms with Crippen LogP contribution in [0.3, 0.4) is 0 Å². The number of likely N-dealkylation sites (tertiary alicyclic amines) is 1. The Morgan fingerprint density at radius 1 is 0.909 bits per heavy atom. The van der Waals surface area contributed by atoms with Gasteiger partial charge in [-0.1, -0.05) is 76.6 Å². The molecular formula is C27H27BrN2O3. The molecule has 1 fully saturated rings. The van der Waals surface area contributed by atoms with E-state index in [0.29, 0.717) is 37.9 Å². The third-order valence-electron chi connectivity index (χ3n) is 6.21. The fourth-order valence-electron chi connectivity index (χ4n) is 4.25. The number of aliphatic hydroxyl groups is 1. The Kier molecular flexibility index (Phi) is 7.26. The van der Waals surface area contributed by atoms with E-state index in [2.05, 4.69) is 21.2 Å². The third-order valence-corrected chi connectivity index (χ3v) is 6.73. The summed E-state index contributed by atoms with van der Waals surface area (Å²) in [6.45, 7) is 0.857. The summed E-state index contributed by atoms with van der Waals surface area (Å²) in [6.07, 6.45) is 1.31. The van der Waals surface area contributed by atoms with E-state index in [0.717, 1.165) is 15.6 Å². The normalized spacial score (nSPS) is 16.1. The van der Waals surface area contributed by atoms with Crippen molar-refractivity contribution in [2.75, 3.05) is 13.1 Å². The molecule has 170 valence electrons. The van der Waals surface area contributed by atoms with Crippen LogP contribution in [0.25, 0.3) is 0 Å². The molecule has 0 aromatic heterocycles. The molecule has 2 amide bonds. The molecule has 0 spiro atoms. The SMILES string of the molecule is O=C(NC(Cc1ccccc1)C(=O)N1CCC(O)(c2ccc(Br)cc2)CC1)c1ccccc1. The van der Waals surface area contributed by atoms with Crippen LogP contribution in [0.4, 0.5) is 0 Å². The molecule has 3 aromatic carbocycles. The largest absolute Gasteiger partial charge is 0.385 e. The van der Waals surface area contributed by atoms with Crippen LogP contribution in [0.1, 0.15) is 34.3 Å². The number of carbonyl (C=O) groups is 2. The molecule has 1 aliphatic rings. The average molecular weight is 507 g/mol. The molecule has 1 heterocycles. The molecule has 0 aliphatic carbocycles. The lowest BCUT2D eigenvalue weighted by atomic mass is 9.84. The molecule has 0 bridgehead atoms. The van der Waals surface area contributed by atoms with E-state index in [1.165, 1.54) is 0 Å². The number of halogens is 1. The van der Waals surface area contributed by atoms with Gasteiger partial charge in [0, 0.05) is 29.5 Å². The summed E-state index contributed by atoms with van der Waals surface area (Å²) < 4.78 is 0.959. The van der Waals surface area contributed by atoms with Crippen LogP contribution in [0.5, 0.6) is 0 Å². The predicted molar refractivity (Wildman–Crippen MR) is 132 cm³/mol. The number of rotatable bonds is 6. The number of hydrogen-bond acceptors (Lipinski definition) is 3. The number of nitrogens with zero attached hydrogens (tertiary/aromatic N) is 1. The van der Waals surface area contributed by atoms with Crippen molar-refractivity contribution in [1.29, 1.82) is 0 Å². The van der Waals surface area contributed by atoms with Gasteiger partial charge in [-0.15, -0.1) is 0 Å². The predicted octanol–water partition coefficient (Wildman–Crippen LogP) is 4.30.